The van der Waals surface area contributed by atoms with Crippen LogP contribution in [-0.4, -0.2) is 55.4 Å². The number of nitrogens with zero attached hydrogens (tertiary/aromatic N) is 1. The quantitative estimate of drug-likeness (QED) is 0.754. The Morgan fingerprint density at radius 2 is 2.12 bits per heavy atom. The minimum Gasteiger partial charge on any atom is -0.390 e. The third-order valence-electron chi connectivity index (χ3n) is 5.30. The summed E-state index contributed by atoms with van der Waals surface area (Å²) in [5, 5.41) is 13.2. The van der Waals surface area contributed by atoms with Gasteiger partial charge in [0.25, 0.3) is 0 Å². The van der Waals surface area contributed by atoms with Crippen LogP contribution in [0.4, 0.5) is 0 Å². The fraction of sp³-hybridized carbons (Fsp3) is 0.632. The van der Waals surface area contributed by atoms with Crippen molar-refractivity contribution in [2.24, 2.45) is 5.41 Å². The normalized spacial score (nSPS) is 20.2. The molecule has 1 heterocycles. The number of ether oxygens (including phenoxy) is 1. The van der Waals surface area contributed by atoms with Crippen LogP contribution in [0.15, 0.2) is 24.3 Å². The summed E-state index contributed by atoms with van der Waals surface area (Å²) in [4.78, 5) is 14.6. The SMILES string of the molecule is COCCC1(C(=O)NCC(O)CN2CCc3ccccc3C2)CC1. The van der Waals surface area contributed by atoms with Gasteiger partial charge in [-0.25, -0.2) is 0 Å². The van der Waals surface area contributed by atoms with Gasteiger partial charge in [0.05, 0.1) is 11.5 Å². The molecule has 1 atom stereocenters. The summed E-state index contributed by atoms with van der Waals surface area (Å²) in [6.45, 7) is 3.37. The number of aliphatic hydroxyl groups is 1. The largest absolute Gasteiger partial charge is 0.390 e. The highest BCUT2D eigenvalue weighted by molar-refractivity contribution is 5.85. The Bertz CT molecular complexity index is 571. The van der Waals surface area contributed by atoms with Crippen LogP contribution < -0.4 is 5.32 Å². The molecule has 1 fully saturated rings. The molecule has 0 radical (unpaired) electrons. The number of hydrogen-bond acceptors (Lipinski definition) is 4. The van der Waals surface area contributed by atoms with Gasteiger partial charge in [-0.1, -0.05) is 24.3 Å². The Balaban J connectivity index is 1.42. The molecule has 1 saturated carbocycles. The molecule has 132 valence electrons. The number of rotatable bonds is 8. The van der Waals surface area contributed by atoms with Crippen LogP contribution in [-0.2, 0) is 22.5 Å². The lowest BCUT2D eigenvalue weighted by Gasteiger charge is -2.30. The van der Waals surface area contributed by atoms with Crippen LogP contribution >= 0.6 is 0 Å². The van der Waals surface area contributed by atoms with E-state index in [0.29, 0.717) is 19.7 Å². The molecule has 0 saturated heterocycles. The molecule has 1 aromatic carbocycles. The third kappa shape index (κ3) is 4.15. The second-order valence-corrected chi connectivity index (χ2v) is 7.14. The number of methoxy groups -OCH3 is 1. The number of amides is 1. The highest BCUT2D eigenvalue weighted by Gasteiger charge is 2.49. The zero-order valence-corrected chi connectivity index (χ0v) is 14.5. The number of β-amino-alcohol motifs (C(OH)–C–C–N with tert-alkyl or cyclic N) is 1. The van der Waals surface area contributed by atoms with Crippen molar-refractivity contribution in [3.8, 4) is 0 Å². The molecule has 1 unspecified atom stereocenters. The highest BCUT2D eigenvalue weighted by atomic mass is 16.5. The van der Waals surface area contributed by atoms with Crippen molar-refractivity contribution >= 4 is 5.91 Å². The van der Waals surface area contributed by atoms with Crippen molar-refractivity contribution in [1.82, 2.24) is 10.2 Å². The molecule has 1 aromatic rings. The maximum Gasteiger partial charge on any atom is 0.226 e. The molecular formula is C19H28N2O3. The second kappa shape index (κ2) is 7.64. The molecule has 0 aromatic heterocycles. The molecule has 0 bridgehead atoms. The minimum absolute atomic E-state index is 0.0718. The Labute approximate surface area is 144 Å². The van der Waals surface area contributed by atoms with Crippen LogP contribution in [0.1, 0.15) is 30.4 Å². The Morgan fingerprint density at radius 1 is 1.38 bits per heavy atom. The number of fused-ring (bicyclic) bond motifs is 1. The van der Waals surface area contributed by atoms with Crippen molar-refractivity contribution in [2.45, 2.75) is 38.3 Å². The molecule has 2 aliphatic rings. The number of carbonyl (C=O) groups is 1. The average molecular weight is 332 g/mol. The molecule has 1 aliphatic carbocycles. The van der Waals surface area contributed by atoms with Crippen molar-refractivity contribution < 1.29 is 14.6 Å². The first kappa shape index (κ1) is 17.4. The van der Waals surface area contributed by atoms with Crippen molar-refractivity contribution in [3.63, 3.8) is 0 Å². The van der Waals surface area contributed by atoms with Gasteiger partial charge in [0.1, 0.15) is 0 Å². The van der Waals surface area contributed by atoms with E-state index in [-0.39, 0.29) is 11.3 Å². The number of aliphatic hydroxyl groups excluding tert-OH is 1. The van der Waals surface area contributed by atoms with E-state index in [1.807, 2.05) is 0 Å². The van der Waals surface area contributed by atoms with E-state index in [0.717, 1.165) is 38.8 Å². The number of hydrogen-bond donors (Lipinski definition) is 2. The molecular weight excluding hydrogens is 304 g/mol. The van der Waals surface area contributed by atoms with Crippen LogP contribution in [0.25, 0.3) is 0 Å². The summed E-state index contributed by atoms with van der Waals surface area (Å²) >= 11 is 0. The predicted octanol–water partition coefficient (Wildman–Crippen LogP) is 1.34. The van der Waals surface area contributed by atoms with Crippen LogP contribution in [0.2, 0.25) is 0 Å². The highest BCUT2D eigenvalue weighted by Crippen LogP contribution is 2.48. The number of benzene rings is 1. The number of carbonyl (C=O) groups excluding carboxylic acids is 1. The van der Waals surface area contributed by atoms with E-state index in [1.165, 1.54) is 11.1 Å². The number of nitrogens with one attached hydrogen (secondary N) is 1. The maximum atomic E-state index is 12.3. The summed E-state index contributed by atoms with van der Waals surface area (Å²) in [7, 11) is 1.66. The Morgan fingerprint density at radius 3 is 2.83 bits per heavy atom. The van der Waals surface area contributed by atoms with Gasteiger partial charge in [-0.15, -0.1) is 0 Å². The fourth-order valence-electron chi connectivity index (χ4n) is 3.51. The monoisotopic (exact) mass is 332 g/mol. The second-order valence-electron chi connectivity index (χ2n) is 7.14. The molecule has 0 spiro atoms. The van der Waals surface area contributed by atoms with Crippen molar-refractivity contribution in [1.29, 1.82) is 0 Å². The summed E-state index contributed by atoms with van der Waals surface area (Å²) < 4.78 is 5.09. The summed E-state index contributed by atoms with van der Waals surface area (Å²) in [6.07, 6.45) is 3.13. The zero-order chi connectivity index (χ0) is 17.0. The molecule has 5 nitrogen and oxygen atoms in total. The fourth-order valence-corrected chi connectivity index (χ4v) is 3.51. The summed E-state index contributed by atoms with van der Waals surface area (Å²) in [5.41, 5.74) is 2.52. The molecule has 2 N–H and O–H groups in total. The zero-order valence-electron chi connectivity index (χ0n) is 14.5. The van der Waals surface area contributed by atoms with E-state index in [9.17, 15) is 9.90 Å². The minimum atomic E-state index is -0.530. The average Bonchev–Trinajstić information content (AvgIpc) is 3.39. The smallest absolute Gasteiger partial charge is 0.226 e. The van der Waals surface area contributed by atoms with E-state index >= 15 is 0 Å². The molecule has 24 heavy (non-hydrogen) atoms. The van der Waals surface area contributed by atoms with Crippen LogP contribution in [0.5, 0.6) is 0 Å². The topological polar surface area (TPSA) is 61.8 Å². The van der Waals surface area contributed by atoms with E-state index < -0.39 is 6.10 Å². The van der Waals surface area contributed by atoms with Gasteiger partial charge in [0.15, 0.2) is 0 Å². The van der Waals surface area contributed by atoms with E-state index in [4.69, 9.17) is 4.74 Å². The molecule has 5 heteroatoms. The molecule has 3 rings (SSSR count). The van der Waals surface area contributed by atoms with Crippen molar-refractivity contribution in [3.05, 3.63) is 35.4 Å². The first-order valence-electron chi connectivity index (χ1n) is 8.87. The first-order chi connectivity index (χ1) is 11.6. The van der Waals surface area contributed by atoms with Crippen LogP contribution in [0, 0.1) is 5.41 Å². The van der Waals surface area contributed by atoms with Gasteiger partial charge >= 0.3 is 0 Å². The van der Waals surface area contributed by atoms with Gasteiger partial charge in [-0.2, -0.15) is 0 Å². The Kier molecular flexibility index (Phi) is 5.54. The summed E-state index contributed by atoms with van der Waals surface area (Å²) in [6, 6.07) is 8.48. The van der Waals surface area contributed by atoms with E-state index in [1.54, 1.807) is 7.11 Å². The first-order valence-corrected chi connectivity index (χ1v) is 8.87. The van der Waals surface area contributed by atoms with Gasteiger partial charge in [-0.3, -0.25) is 9.69 Å². The van der Waals surface area contributed by atoms with Gasteiger partial charge in [0, 0.05) is 39.9 Å². The van der Waals surface area contributed by atoms with Crippen molar-refractivity contribution in [2.75, 3.05) is 33.4 Å². The Hall–Kier alpha value is -1.43. The molecule has 1 amide bonds. The third-order valence-corrected chi connectivity index (χ3v) is 5.30. The van der Waals surface area contributed by atoms with Gasteiger partial charge in [-0.05, 0) is 36.8 Å². The predicted molar refractivity (Wildman–Crippen MR) is 92.6 cm³/mol. The standard InChI is InChI=1S/C19H28N2O3/c1-24-11-9-19(7-8-19)18(23)20-12-17(22)14-21-10-6-15-4-2-3-5-16(15)13-21/h2-5,17,22H,6-14H2,1H3,(H,20,23). The summed E-state index contributed by atoms with van der Waals surface area (Å²) in [5.74, 6) is 0.0718. The van der Waals surface area contributed by atoms with E-state index in [2.05, 4.69) is 34.5 Å². The van der Waals surface area contributed by atoms with Gasteiger partial charge in [0.2, 0.25) is 5.91 Å². The van der Waals surface area contributed by atoms with Crippen LogP contribution in [0.3, 0.4) is 0 Å². The van der Waals surface area contributed by atoms with Gasteiger partial charge < -0.3 is 15.2 Å². The maximum absolute atomic E-state index is 12.3. The lowest BCUT2D eigenvalue weighted by molar-refractivity contribution is -0.127. The lowest BCUT2D eigenvalue weighted by Crippen LogP contribution is -2.43. The lowest BCUT2D eigenvalue weighted by atomic mass is 9.99. The molecule has 1 aliphatic heterocycles.